The molecule has 0 aliphatic heterocycles. The van der Waals surface area contributed by atoms with Gasteiger partial charge in [-0.05, 0) is 0 Å². The van der Waals surface area contributed by atoms with Gasteiger partial charge in [0.05, 0.1) is 0 Å². The Balaban J connectivity index is 2.63. The van der Waals surface area contributed by atoms with Crippen LogP contribution in [0, 0.1) is 0 Å². The van der Waals surface area contributed by atoms with E-state index in [4.69, 9.17) is 0 Å². The van der Waals surface area contributed by atoms with Gasteiger partial charge in [0, 0.05) is 0 Å². The van der Waals surface area contributed by atoms with E-state index in [0.29, 0.717) is 0 Å². The first kappa shape index (κ1) is 16.9. The van der Waals surface area contributed by atoms with Gasteiger partial charge in [-0.1, -0.05) is 0 Å². The van der Waals surface area contributed by atoms with E-state index in [-0.39, 0.29) is 0 Å². The molecule has 0 unspecified atom stereocenters. The Kier molecular flexibility index (Phi) is 4.69. The third-order valence-corrected chi connectivity index (χ3v) is 17.5. The molecular formula is C18H15N6Sb. The summed E-state index contributed by atoms with van der Waals surface area (Å²) in [6.45, 7) is 0. The first-order valence-electron chi connectivity index (χ1n) is 7.60. The zero-order chi connectivity index (χ0) is 17.6. The second kappa shape index (κ2) is 6.92. The number of nitrogens with zero attached hydrogens (tertiary/aromatic N) is 6. The van der Waals surface area contributed by atoms with E-state index in [9.17, 15) is 11.1 Å². The van der Waals surface area contributed by atoms with Crippen LogP contribution in [0.25, 0.3) is 20.9 Å². The molecule has 122 valence electrons. The Morgan fingerprint density at radius 3 is 1.04 bits per heavy atom. The molecule has 3 aromatic carbocycles. The summed E-state index contributed by atoms with van der Waals surface area (Å²) in [6, 6.07) is 28.1. The van der Waals surface area contributed by atoms with Crippen molar-refractivity contribution < 1.29 is 0 Å². The van der Waals surface area contributed by atoms with E-state index in [0.717, 1.165) is 10.5 Å². The molecular weight excluding hydrogens is 422 g/mol. The second-order valence-corrected chi connectivity index (χ2v) is 16.7. The Hall–Kier alpha value is -2.90. The Labute approximate surface area is 146 Å². The average Bonchev–Trinajstić information content (AvgIpc) is 2.70. The Morgan fingerprint density at radius 2 is 0.800 bits per heavy atom. The summed E-state index contributed by atoms with van der Waals surface area (Å²) in [5.41, 5.74) is 19.0. The molecule has 0 heterocycles. The monoisotopic (exact) mass is 436 g/mol. The van der Waals surface area contributed by atoms with E-state index >= 15 is 0 Å². The molecule has 0 spiro atoms. The summed E-state index contributed by atoms with van der Waals surface area (Å²) < 4.78 is 11.0. The molecule has 0 atom stereocenters. The van der Waals surface area contributed by atoms with Crippen molar-refractivity contribution in [3.63, 3.8) is 0 Å². The standard InChI is InChI=1S/3C6H5.2N3.Sb/c3*1-2-4-6-5-3-1;2*1-3-2;/h3*1-5H;;;/q;;;2*-1;+2. The Bertz CT molecular complexity index is 841. The summed E-state index contributed by atoms with van der Waals surface area (Å²) in [5.74, 6) is 0. The number of hydrogen-bond acceptors (Lipinski definition) is 2. The molecule has 7 heteroatoms. The van der Waals surface area contributed by atoms with Gasteiger partial charge < -0.3 is 0 Å². The maximum absolute atomic E-state index is 9.50. The van der Waals surface area contributed by atoms with Gasteiger partial charge in [-0.25, -0.2) is 0 Å². The molecule has 6 nitrogen and oxygen atoms in total. The third-order valence-electron chi connectivity index (χ3n) is 4.16. The van der Waals surface area contributed by atoms with E-state index in [1.807, 2.05) is 91.0 Å². The van der Waals surface area contributed by atoms with Crippen LogP contribution < -0.4 is 10.5 Å². The zero-order valence-corrected chi connectivity index (χ0v) is 15.8. The fourth-order valence-electron chi connectivity index (χ4n) is 3.06. The Morgan fingerprint density at radius 1 is 0.520 bits per heavy atom. The van der Waals surface area contributed by atoms with Crippen LogP contribution in [0.5, 0.6) is 0 Å². The van der Waals surface area contributed by atoms with Crippen molar-refractivity contribution in [2.24, 2.45) is 6.55 Å². The van der Waals surface area contributed by atoms with Crippen LogP contribution >= 0.6 is 0 Å². The van der Waals surface area contributed by atoms with Crippen molar-refractivity contribution in [3.8, 4) is 0 Å². The topological polar surface area (TPSA) is 97.5 Å². The summed E-state index contributed by atoms with van der Waals surface area (Å²) in [6.07, 6.45) is 0. The van der Waals surface area contributed by atoms with Gasteiger partial charge in [-0.3, -0.25) is 0 Å². The molecule has 0 bridgehead atoms. The van der Waals surface area contributed by atoms with E-state index in [1.165, 1.54) is 0 Å². The van der Waals surface area contributed by atoms with E-state index in [2.05, 4.69) is 16.4 Å². The molecule has 0 saturated carbocycles. The van der Waals surface area contributed by atoms with Crippen LogP contribution in [0.15, 0.2) is 97.5 Å². The van der Waals surface area contributed by atoms with Gasteiger partial charge in [0.15, 0.2) is 0 Å². The number of hydrogen-bond donors (Lipinski definition) is 0. The molecule has 0 fully saturated rings. The predicted octanol–water partition coefficient (Wildman–Crippen LogP) is 3.72. The van der Waals surface area contributed by atoms with Gasteiger partial charge >= 0.3 is 147 Å². The molecule has 0 N–H and O–H groups in total. The summed E-state index contributed by atoms with van der Waals surface area (Å²) in [5, 5.41) is 0. The minimum atomic E-state index is -5.14. The van der Waals surface area contributed by atoms with Crippen LogP contribution in [-0.4, -0.2) is 18.0 Å². The van der Waals surface area contributed by atoms with Crippen molar-refractivity contribution in [2.75, 3.05) is 0 Å². The molecule has 25 heavy (non-hydrogen) atoms. The molecule has 3 aromatic rings. The van der Waals surface area contributed by atoms with Gasteiger partial charge in [-0.15, -0.1) is 0 Å². The molecule has 0 aromatic heterocycles. The van der Waals surface area contributed by atoms with Crippen LogP contribution in [0.2, 0.25) is 0 Å². The summed E-state index contributed by atoms with van der Waals surface area (Å²) in [4.78, 5) is 6.36. The van der Waals surface area contributed by atoms with Crippen LogP contribution in [0.4, 0.5) is 0 Å². The molecule has 0 saturated heterocycles. The maximum atomic E-state index is 9.50. The fourth-order valence-corrected chi connectivity index (χ4v) is 14.7. The first-order chi connectivity index (χ1) is 12.3. The number of azide groups is 1. The minimum absolute atomic E-state index is 0.767. The molecule has 0 aliphatic rings. The number of benzene rings is 3. The van der Waals surface area contributed by atoms with E-state index in [1.54, 1.807) is 0 Å². The van der Waals surface area contributed by atoms with Gasteiger partial charge in [0.2, 0.25) is 0 Å². The normalized spacial score (nSPS) is 12.1. The van der Waals surface area contributed by atoms with Crippen LogP contribution in [0.3, 0.4) is 0 Å². The first-order valence-corrected chi connectivity index (χ1v) is 13.7. The zero-order valence-electron chi connectivity index (χ0n) is 13.3. The van der Waals surface area contributed by atoms with Crippen LogP contribution in [-0.2, 0) is 0 Å². The van der Waals surface area contributed by atoms with Gasteiger partial charge in [0.1, 0.15) is 0 Å². The SMILES string of the molecule is [N-]=[N+]=[N][Sb]([N]=[N+]=[N-])([c]1ccccc1)([c]1ccccc1)[c]1ccccc1. The third kappa shape index (κ3) is 2.53. The second-order valence-electron chi connectivity index (χ2n) is 5.39. The van der Waals surface area contributed by atoms with Gasteiger partial charge in [-0.2, -0.15) is 0 Å². The van der Waals surface area contributed by atoms with Crippen molar-refractivity contribution in [3.05, 3.63) is 112 Å². The predicted molar refractivity (Wildman–Crippen MR) is 102 cm³/mol. The average molecular weight is 437 g/mol. The van der Waals surface area contributed by atoms with Crippen molar-refractivity contribution in [2.45, 2.75) is 0 Å². The van der Waals surface area contributed by atoms with Crippen molar-refractivity contribution in [1.82, 2.24) is 0 Å². The van der Waals surface area contributed by atoms with Crippen molar-refractivity contribution >= 4 is 28.5 Å². The molecule has 0 radical (unpaired) electrons. The molecule has 3 rings (SSSR count). The molecule has 0 amide bonds. The molecule has 0 aliphatic carbocycles. The van der Waals surface area contributed by atoms with E-state index < -0.39 is 18.0 Å². The van der Waals surface area contributed by atoms with Crippen molar-refractivity contribution in [1.29, 1.82) is 0 Å². The summed E-state index contributed by atoms with van der Waals surface area (Å²) >= 11 is -5.14. The van der Waals surface area contributed by atoms with Crippen LogP contribution in [0.1, 0.15) is 0 Å². The van der Waals surface area contributed by atoms with Gasteiger partial charge in [0.25, 0.3) is 0 Å². The summed E-state index contributed by atoms with van der Waals surface area (Å²) in [7, 11) is 0. The number of rotatable bonds is 5. The fraction of sp³-hybridized carbons (Fsp3) is 0. The quantitative estimate of drug-likeness (QED) is 0.252.